The molecule has 2 aromatic rings. The van der Waals surface area contributed by atoms with Crippen molar-refractivity contribution in [3.8, 4) is 11.1 Å². The van der Waals surface area contributed by atoms with Gasteiger partial charge < -0.3 is 5.11 Å². The standard InChI is InChI=1S/C19H23NO3S/c21-15-7-6-14-20(17-12-13-17)24(22,23)19-11-5-4-10-18(19)16-8-2-1-3-9-16/h1-5,8-11,17,21H,6-7,12-15H2. The molecular formula is C19H23NO3S. The zero-order valence-electron chi connectivity index (χ0n) is 13.6. The Kier molecular flexibility index (Phi) is 5.33. The normalized spacial score (nSPS) is 14.9. The van der Waals surface area contributed by atoms with Gasteiger partial charge in [0.1, 0.15) is 0 Å². The fourth-order valence-corrected chi connectivity index (χ4v) is 4.85. The number of hydrogen-bond acceptors (Lipinski definition) is 3. The molecule has 1 aliphatic carbocycles. The molecule has 3 rings (SSSR count). The molecule has 24 heavy (non-hydrogen) atoms. The van der Waals surface area contributed by atoms with Crippen molar-refractivity contribution in [1.29, 1.82) is 0 Å². The van der Waals surface area contributed by atoms with Crippen LogP contribution in [0, 0.1) is 0 Å². The number of nitrogens with zero attached hydrogens (tertiary/aromatic N) is 1. The minimum atomic E-state index is -3.55. The zero-order chi connectivity index (χ0) is 17.0. The van der Waals surface area contributed by atoms with Crippen LogP contribution in [0.4, 0.5) is 0 Å². The lowest BCUT2D eigenvalue weighted by atomic mass is 10.1. The van der Waals surface area contributed by atoms with E-state index in [1.54, 1.807) is 16.4 Å². The Morgan fingerprint density at radius 3 is 2.29 bits per heavy atom. The fourth-order valence-electron chi connectivity index (χ4n) is 2.92. The molecule has 1 N–H and O–H groups in total. The van der Waals surface area contributed by atoms with Crippen LogP contribution in [0.3, 0.4) is 0 Å². The number of rotatable bonds is 8. The van der Waals surface area contributed by atoms with Crippen molar-refractivity contribution in [2.75, 3.05) is 13.2 Å². The first-order valence-corrected chi connectivity index (χ1v) is 9.86. The van der Waals surface area contributed by atoms with Crippen LogP contribution in [0.1, 0.15) is 25.7 Å². The lowest BCUT2D eigenvalue weighted by molar-refractivity contribution is 0.275. The maximum Gasteiger partial charge on any atom is 0.243 e. The minimum Gasteiger partial charge on any atom is -0.396 e. The third-order valence-electron chi connectivity index (χ3n) is 4.30. The molecule has 1 fully saturated rings. The van der Waals surface area contributed by atoms with Gasteiger partial charge >= 0.3 is 0 Å². The van der Waals surface area contributed by atoms with Gasteiger partial charge in [-0.15, -0.1) is 0 Å². The van der Waals surface area contributed by atoms with Gasteiger partial charge in [0.05, 0.1) is 4.90 Å². The number of unbranched alkanes of at least 4 members (excludes halogenated alkanes) is 1. The average molecular weight is 345 g/mol. The first-order valence-electron chi connectivity index (χ1n) is 8.42. The molecule has 1 aliphatic rings. The molecule has 0 atom stereocenters. The summed E-state index contributed by atoms with van der Waals surface area (Å²) < 4.78 is 28.2. The lowest BCUT2D eigenvalue weighted by Crippen LogP contribution is -2.34. The third-order valence-corrected chi connectivity index (χ3v) is 6.31. The van der Waals surface area contributed by atoms with Gasteiger partial charge in [0, 0.05) is 24.8 Å². The van der Waals surface area contributed by atoms with Crippen molar-refractivity contribution in [2.45, 2.75) is 36.6 Å². The molecule has 0 saturated heterocycles. The molecule has 4 nitrogen and oxygen atoms in total. The Labute approximate surface area is 143 Å². The van der Waals surface area contributed by atoms with E-state index in [2.05, 4.69) is 0 Å². The number of aliphatic hydroxyl groups is 1. The molecule has 128 valence electrons. The summed E-state index contributed by atoms with van der Waals surface area (Å²) in [5.41, 5.74) is 1.65. The summed E-state index contributed by atoms with van der Waals surface area (Å²) in [6.07, 6.45) is 3.15. The Morgan fingerprint density at radius 2 is 1.62 bits per heavy atom. The van der Waals surface area contributed by atoms with Gasteiger partial charge in [0.25, 0.3) is 0 Å². The Balaban J connectivity index is 1.97. The number of sulfonamides is 1. The number of hydrogen-bond donors (Lipinski definition) is 1. The summed E-state index contributed by atoms with van der Waals surface area (Å²) in [5.74, 6) is 0. The van der Waals surface area contributed by atoms with Gasteiger partial charge in [0.15, 0.2) is 0 Å². The molecule has 0 spiro atoms. The molecule has 0 radical (unpaired) electrons. The van der Waals surface area contributed by atoms with E-state index in [-0.39, 0.29) is 12.6 Å². The largest absolute Gasteiger partial charge is 0.396 e. The second kappa shape index (κ2) is 7.47. The van der Waals surface area contributed by atoms with Crippen LogP contribution in [0.25, 0.3) is 11.1 Å². The first kappa shape index (κ1) is 17.1. The van der Waals surface area contributed by atoms with Gasteiger partial charge in [-0.3, -0.25) is 0 Å². The summed E-state index contributed by atoms with van der Waals surface area (Å²) in [4.78, 5) is 0.368. The molecule has 1 saturated carbocycles. The molecule has 0 heterocycles. The summed E-state index contributed by atoms with van der Waals surface area (Å²) in [6.45, 7) is 0.565. The van der Waals surface area contributed by atoms with Crippen LogP contribution in [-0.4, -0.2) is 37.0 Å². The molecule has 0 amide bonds. The molecule has 2 aromatic carbocycles. The van der Waals surface area contributed by atoms with Crippen molar-refractivity contribution >= 4 is 10.0 Å². The molecule has 0 bridgehead atoms. The number of benzene rings is 2. The van der Waals surface area contributed by atoms with Crippen molar-refractivity contribution < 1.29 is 13.5 Å². The minimum absolute atomic E-state index is 0.0964. The van der Waals surface area contributed by atoms with Gasteiger partial charge in [-0.2, -0.15) is 4.31 Å². The SMILES string of the molecule is O=S(=O)(c1ccccc1-c1ccccc1)N(CCCCO)C1CC1. The zero-order valence-corrected chi connectivity index (χ0v) is 14.5. The van der Waals surface area contributed by atoms with E-state index >= 15 is 0 Å². The Bertz CT molecular complexity index is 770. The van der Waals surface area contributed by atoms with E-state index in [1.165, 1.54) is 0 Å². The predicted octanol–water partition coefficient (Wildman–Crippen LogP) is 3.28. The van der Waals surface area contributed by atoms with Crippen LogP contribution < -0.4 is 0 Å². The highest BCUT2D eigenvalue weighted by atomic mass is 32.2. The second-order valence-corrected chi connectivity index (χ2v) is 8.00. The number of aliphatic hydroxyl groups excluding tert-OH is 1. The van der Waals surface area contributed by atoms with E-state index in [1.807, 2.05) is 42.5 Å². The monoisotopic (exact) mass is 345 g/mol. The predicted molar refractivity (Wildman–Crippen MR) is 95.1 cm³/mol. The smallest absolute Gasteiger partial charge is 0.243 e. The molecular weight excluding hydrogens is 322 g/mol. The van der Waals surface area contributed by atoms with E-state index in [0.717, 1.165) is 24.0 Å². The Hall–Kier alpha value is -1.69. The van der Waals surface area contributed by atoms with Gasteiger partial charge in [-0.05, 0) is 37.3 Å². The van der Waals surface area contributed by atoms with Crippen LogP contribution in [-0.2, 0) is 10.0 Å². The summed E-state index contributed by atoms with van der Waals surface area (Å²) in [7, 11) is -3.55. The third kappa shape index (κ3) is 3.69. The van der Waals surface area contributed by atoms with E-state index in [4.69, 9.17) is 5.11 Å². The van der Waals surface area contributed by atoms with Crippen LogP contribution in [0.2, 0.25) is 0 Å². The quantitative estimate of drug-likeness (QED) is 0.747. The van der Waals surface area contributed by atoms with Gasteiger partial charge in [0.2, 0.25) is 10.0 Å². The molecule has 0 aromatic heterocycles. The van der Waals surface area contributed by atoms with Crippen LogP contribution in [0.15, 0.2) is 59.5 Å². The highest BCUT2D eigenvalue weighted by Crippen LogP contribution is 2.35. The van der Waals surface area contributed by atoms with Gasteiger partial charge in [-0.1, -0.05) is 48.5 Å². The second-order valence-electron chi connectivity index (χ2n) is 6.14. The van der Waals surface area contributed by atoms with E-state index in [0.29, 0.717) is 24.3 Å². The molecule has 5 heteroatoms. The fraction of sp³-hybridized carbons (Fsp3) is 0.368. The first-order chi connectivity index (χ1) is 11.6. The van der Waals surface area contributed by atoms with E-state index in [9.17, 15) is 8.42 Å². The topological polar surface area (TPSA) is 57.6 Å². The van der Waals surface area contributed by atoms with Gasteiger partial charge in [-0.25, -0.2) is 8.42 Å². The summed E-state index contributed by atoms with van der Waals surface area (Å²) in [5, 5.41) is 8.98. The molecule has 0 unspecified atom stereocenters. The highest BCUT2D eigenvalue weighted by Gasteiger charge is 2.38. The van der Waals surface area contributed by atoms with Crippen molar-refractivity contribution in [1.82, 2.24) is 4.31 Å². The van der Waals surface area contributed by atoms with Crippen molar-refractivity contribution in [2.24, 2.45) is 0 Å². The van der Waals surface area contributed by atoms with Crippen molar-refractivity contribution in [3.63, 3.8) is 0 Å². The van der Waals surface area contributed by atoms with Crippen LogP contribution >= 0.6 is 0 Å². The lowest BCUT2D eigenvalue weighted by Gasteiger charge is -2.23. The Morgan fingerprint density at radius 1 is 0.958 bits per heavy atom. The summed E-state index contributed by atoms with van der Waals surface area (Å²) in [6, 6.07) is 16.9. The highest BCUT2D eigenvalue weighted by molar-refractivity contribution is 7.89. The van der Waals surface area contributed by atoms with E-state index < -0.39 is 10.0 Å². The van der Waals surface area contributed by atoms with Crippen molar-refractivity contribution in [3.05, 3.63) is 54.6 Å². The maximum absolute atomic E-state index is 13.3. The van der Waals surface area contributed by atoms with Crippen LogP contribution in [0.5, 0.6) is 0 Å². The maximum atomic E-state index is 13.3. The average Bonchev–Trinajstić information content (AvgIpc) is 3.44. The molecule has 0 aliphatic heterocycles. The summed E-state index contributed by atoms with van der Waals surface area (Å²) >= 11 is 0.